The van der Waals surface area contributed by atoms with Crippen LogP contribution < -0.4 is 0 Å². The molecule has 0 aliphatic heterocycles. The van der Waals surface area contributed by atoms with Crippen molar-refractivity contribution < 1.29 is 0 Å². The van der Waals surface area contributed by atoms with Crippen LogP contribution in [0.2, 0.25) is 0 Å². The number of benzene rings is 2. The molecule has 0 aliphatic rings. The number of pyridine rings is 2. The average molecular weight is 354 g/mol. The molecule has 0 radical (unpaired) electrons. The smallest absolute Gasteiger partial charge is 0.0731 e. The van der Waals surface area contributed by atoms with Gasteiger partial charge in [-0.3, -0.25) is 9.97 Å². The maximum atomic E-state index is 4.77. The molecule has 1 atom stereocenters. The van der Waals surface area contributed by atoms with Crippen molar-refractivity contribution in [1.82, 2.24) is 9.97 Å². The predicted molar refractivity (Wildman–Crippen MR) is 114 cm³/mol. The summed E-state index contributed by atoms with van der Waals surface area (Å²) in [5, 5.41) is 2.45. The fraction of sp³-hybridized carbons (Fsp3) is 0.280. The van der Waals surface area contributed by atoms with Gasteiger partial charge in [0.15, 0.2) is 0 Å². The Kier molecular flexibility index (Phi) is 4.65. The van der Waals surface area contributed by atoms with E-state index in [2.05, 4.69) is 75.1 Å². The Morgan fingerprint density at radius 3 is 2.52 bits per heavy atom. The van der Waals surface area contributed by atoms with Gasteiger partial charge >= 0.3 is 0 Å². The lowest BCUT2D eigenvalue weighted by Crippen LogP contribution is -2.00. The first-order valence-corrected chi connectivity index (χ1v) is 9.75. The van der Waals surface area contributed by atoms with Crippen LogP contribution in [0.5, 0.6) is 0 Å². The molecule has 1 unspecified atom stereocenters. The highest BCUT2D eigenvalue weighted by atomic mass is 14.7. The van der Waals surface area contributed by atoms with E-state index in [0.29, 0.717) is 11.8 Å². The molecule has 0 saturated carbocycles. The van der Waals surface area contributed by atoms with Crippen LogP contribution in [0.15, 0.2) is 60.9 Å². The highest BCUT2D eigenvalue weighted by molar-refractivity contribution is 5.83. The number of nitrogens with zero attached hydrogens (tertiary/aromatic N) is 2. The fourth-order valence-electron chi connectivity index (χ4n) is 3.81. The summed E-state index contributed by atoms with van der Waals surface area (Å²) in [6, 6.07) is 17.6. The topological polar surface area (TPSA) is 25.8 Å². The predicted octanol–water partition coefficient (Wildman–Crippen LogP) is 6.56. The molecule has 136 valence electrons. The maximum Gasteiger partial charge on any atom is 0.0731 e. The molecule has 4 rings (SSSR count). The third-order valence-electron chi connectivity index (χ3n) is 5.46. The third-order valence-corrected chi connectivity index (χ3v) is 5.46. The molecule has 0 fully saturated rings. The molecule has 0 N–H and O–H groups in total. The Bertz CT molecular complexity index is 1110. The van der Waals surface area contributed by atoms with Gasteiger partial charge in [-0.25, -0.2) is 0 Å². The van der Waals surface area contributed by atoms with Crippen LogP contribution in [-0.4, -0.2) is 9.97 Å². The second-order valence-electron chi connectivity index (χ2n) is 7.97. The van der Waals surface area contributed by atoms with Gasteiger partial charge in [0.1, 0.15) is 0 Å². The molecule has 2 heterocycles. The van der Waals surface area contributed by atoms with Crippen LogP contribution in [0, 0.1) is 6.92 Å². The molecule has 2 heteroatoms. The molecule has 2 nitrogen and oxygen atoms in total. The first kappa shape index (κ1) is 17.7. The first-order valence-electron chi connectivity index (χ1n) is 9.75. The zero-order chi connectivity index (χ0) is 19.0. The van der Waals surface area contributed by atoms with Crippen molar-refractivity contribution in [3.63, 3.8) is 0 Å². The van der Waals surface area contributed by atoms with Gasteiger partial charge in [-0.2, -0.15) is 0 Å². The van der Waals surface area contributed by atoms with E-state index in [4.69, 9.17) is 4.98 Å². The lowest BCUT2D eigenvalue weighted by Gasteiger charge is -2.14. The van der Waals surface area contributed by atoms with Crippen molar-refractivity contribution in [2.75, 3.05) is 0 Å². The Balaban J connectivity index is 1.65. The normalized spacial score (nSPS) is 12.8. The Labute approximate surface area is 161 Å². The zero-order valence-corrected chi connectivity index (χ0v) is 16.5. The highest BCUT2D eigenvalue weighted by Gasteiger charge is 2.11. The number of aromatic nitrogens is 2. The van der Waals surface area contributed by atoms with Crippen molar-refractivity contribution in [1.29, 1.82) is 0 Å². The third kappa shape index (κ3) is 3.57. The minimum atomic E-state index is 0.421. The van der Waals surface area contributed by atoms with Crippen LogP contribution in [0.25, 0.3) is 21.8 Å². The minimum Gasteiger partial charge on any atom is -0.256 e. The fourth-order valence-corrected chi connectivity index (χ4v) is 3.81. The monoisotopic (exact) mass is 354 g/mol. The molecule has 27 heavy (non-hydrogen) atoms. The van der Waals surface area contributed by atoms with Crippen LogP contribution in [0.4, 0.5) is 0 Å². The minimum absolute atomic E-state index is 0.421. The van der Waals surface area contributed by atoms with E-state index in [1.54, 1.807) is 0 Å². The maximum absolute atomic E-state index is 4.77. The lowest BCUT2D eigenvalue weighted by atomic mass is 9.92. The summed E-state index contributed by atoms with van der Waals surface area (Å²) in [6.07, 6.45) is 4.88. The van der Waals surface area contributed by atoms with Gasteiger partial charge in [-0.1, -0.05) is 45.0 Å². The van der Waals surface area contributed by atoms with Gasteiger partial charge < -0.3 is 0 Å². The van der Waals surface area contributed by atoms with Crippen LogP contribution in [-0.2, 0) is 6.42 Å². The summed E-state index contributed by atoms with van der Waals surface area (Å²) in [7, 11) is 0. The molecular formula is C25H26N2. The molecule has 0 spiro atoms. The summed E-state index contributed by atoms with van der Waals surface area (Å²) in [5.41, 5.74) is 7.44. The van der Waals surface area contributed by atoms with Gasteiger partial charge in [0, 0.05) is 23.2 Å². The second kappa shape index (κ2) is 7.11. The quantitative estimate of drug-likeness (QED) is 0.415. The molecule has 0 aliphatic carbocycles. The zero-order valence-electron chi connectivity index (χ0n) is 16.5. The van der Waals surface area contributed by atoms with Gasteiger partial charge in [0.25, 0.3) is 0 Å². The van der Waals surface area contributed by atoms with Crippen molar-refractivity contribution >= 4 is 21.8 Å². The van der Waals surface area contributed by atoms with Crippen LogP contribution in [0.1, 0.15) is 54.9 Å². The Hall–Kier alpha value is -2.74. The first-order chi connectivity index (χ1) is 13.0. The van der Waals surface area contributed by atoms with E-state index in [1.165, 1.54) is 33.0 Å². The summed E-state index contributed by atoms with van der Waals surface area (Å²) < 4.78 is 0. The van der Waals surface area contributed by atoms with Crippen LogP contribution in [0.3, 0.4) is 0 Å². The summed E-state index contributed by atoms with van der Waals surface area (Å²) in [4.78, 5) is 9.26. The molecule has 0 saturated heterocycles. The van der Waals surface area contributed by atoms with E-state index >= 15 is 0 Å². The molecule has 2 aromatic carbocycles. The lowest BCUT2D eigenvalue weighted by molar-refractivity contribution is 0.758. The summed E-state index contributed by atoms with van der Waals surface area (Å²) in [6.45, 7) is 8.93. The largest absolute Gasteiger partial charge is 0.256 e. The van der Waals surface area contributed by atoms with Gasteiger partial charge in [0.05, 0.1) is 11.0 Å². The second-order valence-corrected chi connectivity index (χ2v) is 7.97. The molecule has 0 amide bonds. The number of fused-ring (bicyclic) bond motifs is 2. The molecular weight excluding hydrogens is 328 g/mol. The highest BCUT2D eigenvalue weighted by Crippen LogP contribution is 2.27. The number of hydrogen-bond acceptors (Lipinski definition) is 2. The van der Waals surface area contributed by atoms with E-state index < -0.39 is 0 Å². The number of hydrogen-bond donors (Lipinski definition) is 0. The summed E-state index contributed by atoms with van der Waals surface area (Å²) in [5.74, 6) is 0.950. The Morgan fingerprint density at radius 1 is 0.852 bits per heavy atom. The van der Waals surface area contributed by atoms with Gasteiger partial charge in [-0.15, -0.1) is 0 Å². The average Bonchev–Trinajstić information content (AvgIpc) is 2.67. The SMILES string of the molecule is Cc1cc(C(C)C)cc2cc(CC(C)c3ccc4cccnc4c3)cnc12. The van der Waals surface area contributed by atoms with Crippen molar-refractivity contribution in [2.24, 2.45) is 0 Å². The standard InChI is InChI=1S/C25H26N2/c1-16(2)22-11-18(4)25-23(13-22)12-19(15-27-25)10-17(3)21-8-7-20-6-5-9-26-24(20)14-21/h5-9,11-17H,10H2,1-4H3. The van der Waals surface area contributed by atoms with Gasteiger partial charge in [0.2, 0.25) is 0 Å². The number of aryl methyl sites for hydroxylation is 1. The Morgan fingerprint density at radius 2 is 1.70 bits per heavy atom. The number of rotatable bonds is 4. The van der Waals surface area contributed by atoms with E-state index in [1.807, 2.05) is 18.5 Å². The summed E-state index contributed by atoms with van der Waals surface area (Å²) >= 11 is 0. The molecule has 2 aromatic heterocycles. The van der Waals surface area contributed by atoms with Crippen molar-refractivity contribution in [3.05, 3.63) is 83.2 Å². The van der Waals surface area contributed by atoms with Crippen molar-refractivity contribution in [3.8, 4) is 0 Å². The van der Waals surface area contributed by atoms with E-state index in [9.17, 15) is 0 Å². The molecule has 4 aromatic rings. The van der Waals surface area contributed by atoms with Crippen molar-refractivity contribution in [2.45, 2.75) is 46.0 Å². The van der Waals surface area contributed by atoms with E-state index in [-0.39, 0.29) is 0 Å². The van der Waals surface area contributed by atoms with Crippen LogP contribution >= 0.6 is 0 Å². The van der Waals surface area contributed by atoms with E-state index in [0.717, 1.165) is 17.5 Å². The van der Waals surface area contributed by atoms with Gasteiger partial charge in [-0.05, 0) is 71.7 Å². The molecule has 0 bridgehead atoms.